The molecule has 0 fully saturated rings. The van der Waals surface area contributed by atoms with Crippen LogP contribution in [0, 0.1) is 5.92 Å². The van der Waals surface area contributed by atoms with E-state index in [0.717, 1.165) is 5.56 Å². The van der Waals surface area contributed by atoms with Crippen LogP contribution >= 0.6 is 0 Å². The Bertz CT molecular complexity index is 467. The third-order valence-electron chi connectivity index (χ3n) is 2.38. The van der Waals surface area contributed by atoms with Crippen molar-refractivity contribution < 1.29 is 8.42 Å². The molecule has 0 radical (unpaired) electrons. The van der Waals surface area contributed by atoms with Gasteiger partial charge in [0.1, 0.15) is 0 Å². The van der Waals surface area contributed by atoms with Crippen LogP contribution in [-0.4, -0.2) is 15.0 Å². The summed E-state index contributed by atoms with van der Waals surface area (Å²) in [5, 5.41) is 0. The molecule has 1 rings (SSSR count). The average Bonchev–Trinajstić information content (AvgIpc) is 2.27. The molecule has 17 heavy (non-hydrogen) atoms. The van der Waals surface area contributed by atoms with Crippen LogP contribution in [0.15, 0.2) is 29.2 Å². The fourth-order valence-corrected chi connectivity index (χ4v) is 2.59. The Kier molecular flexibility index (Phi) is 4.68. The minimum atomic E-state index is -3.42. The summed E-state index contributed by atoms with van der Waals surface area (Å²) < 4.78 is 26.5. The van der Waals surface area contributed by atoms with E-state index < -0.39 is 10.0 Å². The van der Waals surface area contributed by atoms with E-state index in [1.807, 2.05) is 26.8 Å². The molecule has 1 unspecified atom stereocenters. The highest BCUT2D eigenvalue weighted by Gasteiger charge is 2.15. The molecule has 1 aromatic carbocycles. The van der Waals surface area contributed by atoms with Gasteiger partial charge >= 0.3 is 0 Å². The molecular formula is C12H20N2O2S. The molecule has 0 aliphatic carbocycles. The highest BCUT2D eigenvalue weighted by Crippen LogP contribution is 2.15. The molecule has 96 valence electrons. The third kappa shape index (κ3) is 4.11. The van der Waals surface area contributed by atoms with Crippen LogP contribution in [0.1, 0.15) is 32.4 Å². The van der Waals surface area contributed by atoms with E-state index in [-0.39, 0.29) is 16.9 Å². The summed E-state index contributed by atoms with van der Waals surface area (Å²) in [5.74, 6) is 0.279. The van der Waals surface area contributed by atoms with Crippen LogP contribution in [0.2, 0.25) is 0 Å². The molecule has 5 heteroatoms. The number of sulfonamides is 1. The van der Waals surface area contributed by atoms with E-state index in [2.05, 4.69) is 4.72 Å². The molecule has 1 atom stereocenters. The Morgan fingerprint density at radius 3 is 2.47 bits per heavy atom. The molecule has 0 saturated carbocycles. The van der Waals surface area contributed by atoms with Crippen molar-refractivity contribution in [3.63, 3.8) is 0 Å². The van der Waals surface area contributed by atoms with Crippen LogP contribution in [0.3, 0.4) is 0 Å². The summed E-state index contributed by atoms with van der Waals surface area (Å²) in [7, 11) is -3.42. The van der Waals surface area contributed by atoms with Gasteiger partial charge in [-0.05, 0) is 30.5 Å². The first kappa shape index (κ1) is 14.2. The zero-order valence-electron chi connectivity index (χ0n) is 10.5. The van der Waals surface area contributed by atoms with E-state index in [1.54, 1.807) is 18.2 Å². The lowest BCUT2D eigenvalue weighted by atomic mass is 10.1. The van der Waals surface area contributed by atoms with E-state index in [0.29, 0.717) is 6.54 Å². The lowest BCUT2D eigenvalue weighted by Crippen LogP contribution is -2.27. The Labute approximate surface area is 103 Å². The first-order valence-electron chi connectivity index (χ1n) is 5.68. The lowest BCUT2D eigenvalue weighted by molar-refractivity contribution is 0.560. The first-order chi connectivity index (χ1) is 7.83. The van der Waals surface area contributed by atoms with Gasteiger partial charge in [-0.3, -0.25) is 0 Å². The number of benzene rings is 1. The van der Waals surface area contributed by atoms with Crippen LogP contribution < -0.4 is 10.5 Å². The van der Waals surface area contributed by atoms with Crippen LogP contribution in [-0.2, 0) is 10.0 Å². The van der Waals surface area contributed by atoms with Gasteiger partial charge in [0.05, 0.1) is 4.90 Å². The van der Waals surface area contributed by atoms with Crippen LogP contribution in [0.4, 0.5) is 0 Å². The number of nitrogens with two attached hydrogens (primary N) is 1. The first-order valence-corrected chi connectivity index (χ1v) is 7.16. The fourth-order valence-electron chi connectivity index (χ4n) is 1.32. The molecule has 0 spiro atoms. The van der Waals surface area contributed by atoms with Gasteiger partial charge in [-0.1, -0.05) is 26.0 Å². The second kappa shape index (κ2) is 5.62. The Morgan fingerprint density at radius 1 is 1.29 bits per heavy atom. The van der Waals surface area contributed by atoms with Crippen molar-refractivity contribution in [3.05, 3.63) is 29.8 Å². The number of nitrogens with one attached hydrogen (secondary N) is 1. The second-order valence-electron chi connectivity index (χ2n) is 4.61. The summed E-state index contributed by atoms with van der Waals surface area (Å²) >= 11 is 0. The molecule has 0 amide bonds. The standard InChI is InChI=1S/C12H20N2O2S/c1-9(2)8-14-17(15,16)12-6-4-5-11(7-12)10(3)13/h4-7,9-10,14H,8,13H2,1-3H3. The zero-order valence-corrected chi connectivity index (χ0v) is 11.3. The smallest absolute Gasteiger partial charge is 0.240 e. The van der Waals surface area contributed by atoms with E-state index in [1.165, 1.54) is 0 Å². The van der Waals surface area contributed by atoms with Crippen molar-refractivity contribution in [1.82, 2.24) is 4.72 Å². The van der Waals surface area contributed by atoms with Gasteiger partial charge in [0, 0.05) is 12.6 Å². The predicted molar refractivity (Wildman–Crippen MR) is 69.1 cm³/mol. The highest BCUT2D eigenvalue weighted by atomic mass is 32.2. The minimum Gasteiger partial charge on any atom is -0.324 e. The number of rotatable bonds is 5. The van der Waals surface area contributed by atoms with Crippen molar-refractivity contribution >= 4 is 10.0 Å². The molecule has 3 N–H and O–H groups in total. The third-order valence-corrected chi connectivity index (χ3v) is 3.80. The van der Waals surface area contributed by atoms with Crippen molar-refractivity contribution in [2.75, 3.05) is 6.54 Å². The molecule has 0 heterocycles. The number of hydrogen-bond acceptors (Lipinski definition) is 3. The molecule has 0 aromatic heterocycles. The molecule has 0 aliphatic rings. The molecule has 1 aromatic rings. The van der Waals surface area contributed by atoms with Gasteiger partial charge in [-0.25, -0.2) is 13.1 Å². The lowest BCUT2D eigenvalue weighted by Gasteiger charge is -2.11. The molecule has 0 saturated heterocycles. The Balaban J connectivity index is 2.95. The fraction of sp³-hybridized carbons (Fsp3) is 0.500. The summed E-state index contributed by atoms with van der Waals surface area (Å²) in [4.78, 5) is 0.271. The van der Waals surface area contributed by atoms with Gasteiger partial charge in [0.25, 0.3) is 0 Å². The number of hydrogen-bond donors (Lipinski definition) is 2. The average molecular weight is 256 g/mol. The van der Waals surface area contributed by atoms with Crippen molar-refractivity contribution in [2.24, 2.45) is 11.7 Å². The molecule has 0 bridgehead atoms. The molecule has 0 aliphatic heterocycles. The van der Waals surface area contributed by atoms with E-state index in [9.17, 15) is 8.42 Å². The van der Waals surface area contributed by atoms with Gasteiger partial charge < -0.3 is 5.73 Å². The molecular weight excluding hydrogens is 236 g/mol. The predicted octanol–water partition coefficient (Wildman–Crippen LogP) is 1.64. The minimum absolute atomic E-state index is 0.171. The quantitative estimate of drug-likeness (QED) is 0.841. The maximum Gasteiger partial charge on any atom is 0.240 e. The molecule has 4 nitrogen and oxygen atoms in total. The van der Waals surface area contributed by atoms with Gasteiger partial charge in [0.2, 0.25) is 10.0 Å². The largest absolute Gasteiger partial charge is 0.324 e. The van der Waals surface area contributed by atoms with E-state index >= 15 is 0 Å². The monoisotopic (exact) mass is 256 g/mol. The topological polar surface area (TPSA) is 72.2 Å². The summed E-state index contributed by atoms with van der Waals surface area (Å²) in [6.07, 6.45) is 0. The summed E-state index contributed by atoms with van der Waals surface area (Å²) in [5.41, 5.74) is 6.55. The van der Waals surface area contributed by atoms with Crippen LogP contribution in [0.5, 0.6) is 0 Å². The van der Waals surface area contributed by atoms with Gasteiger partial charge in [-0.2, -0.15) is 0 Å². The van der Waals surface area contributed by atoms with Gasteiger partial charge in [-0.15, -0.1) is 0 Å². The summed E-state index contributed by atoms with van der Waals surface area (Å²) in [6.45, 7) is 6.18. The highest BCUT2D eigenvalue weighted by molar-refractivity contribution is 7.89. The van der Waals surface area contributed by atoms with Crippen LogP contribution in [0.25, 0.3) is 0 Å². The maximum atomic E-state index is 12.0. The van der Waals surface area contributed by atoms with E-state index in [4.69, 9.17) is 5.73 Å². The Hall–Kier alpha value is -0.910. The van der Waals surface area contributed by atoms with Gasteiger partial charge in [0.15, 0.2) is 0 Å². The van der Waals surface area contributed by atoms with Crippen molar-refractivity contribution in [1.29, 1.82) is 0 Å². The maximum absolute atomic E-state index is 12.0. The van der Waals surface area contributed by atoms with Crippen molar-refractivity contribution in [2.45, 2.75) is 31.7 Å². The zero-order chi connectivity index (χ0) is 13.1. The Morgan fingerprint density at radius 2 is 1.94 bits per heavy atom. The normalized spacial score (nSPS) is 13.9. The van der Waals surface area contributed by atoms with Crippen molar-refractivity contribution in [3.8, 4) is 0 Å². The SMILES string of the molecule is CC(C)CNS(=O)(=O)c1cccc(C(C)N)c1. The summed E-state index contributed by atoms with van der Waals surface area (Å²) in [6, 6.07) is 6.56. The second-order valence-corrected chi connectivity index (χ2v) is 6.37.